The van der Waals surface area contributed by atoms with Crippen molar-refractivity contribution in [2.45, 2.75) is 6.61 Å². The highest BCUT2D eigenvalue weighted by atomic mass is 35.5. The van der Waals surface area contributed by atoms with Crippen LogP contribution < -0.4 is 9.47 Å². The average Bonchev–Trinajstić information content (AvgIpc) is 3.15. The Morgan fingerprint density at radius 1 is 1.12 bits per heavy atom. The third-order valence-corrected chi connectivity index (χ3v) is 3.88. The molecule has 0 unspecified atom stereocenters. The Hall–Kier alpha value is -2.99. The molecule has 0 fully saturated rings. The van der Waals surface area contributed by atoms with Crippen molar-refractivity contribution in [2.75, 3.05) is 14.2 Å². The van der Waals surface area contributed by atoms with Gasteiger partial charge in [0.25, 0.3) is 0 Å². The fraction of sp³-hybridized carbons (Fsp3) is 0.158. The summed E-state index contributed by atoms with van der Waals surface area (Å²) >= 11 is 5.93. The zero-order valence-corrected chi connectivity index (χ0v) is 14.9. The highest BCUT2D eigenvalue weighted by molar-refractivity contribution is 6.31. The van der Waals surface area contributed by atoms with Crippen LogP contribution in [0.1, 0.15) is 16.1 Å². The van der Waals surface area contributed by atoms with Crippen molar-refractivity contribution in [1.82, 2.24) is 5.16 Å². The van der Waals surface area contributed by atoms with Crippen LogP contribution in [0, 0.1) is 0 Å². The van der Waals surface area contributed by atoms with E-state index >= 15 is 0 Å². The van der Waals surface area contributed by atoms with Crippen LogP contribution in [0.25, 0.3) is 11.3 Å². The van der Waals surface area contributed by atoms with E-state index in [1.807, 2.05) is 24.3 Å². The maximum Gasteiger partial charge on any atom is 0.342 e. The smallest absolute Gasteiger partial charge is 0.342 e. The van der Waals surface area contributed by atoms with E-state index in [-0.39, 0.29) is 12.2 Å². The van der Waals surface area contributed by atoms with Crippen LogP contribution in [0.2, 0.25) is 5.02 Å². The monoisotopic (exact) mass is 373 g/mol. The van der Waals surface area contributed by atoms with Crippen LogP contribution in [0.5, 0.6) is 11.5 Å². The van der Waals surface area contributed by atoms with Gasteiger partial charge >= 0.3 is 5.97 Å². The van der Waals surface area contributed by atoms with Gasteiger partial charge in [-0.15, -0.1) is 0 Å². The molecule has 0 aliphatic rings. The number of hydrogen-bond donors (Lipinski definition) is 0. The molecule has 6 nitrogen and oxygen atoms in total. The van der Waals surface area contributed by atoms with Crippen LogP contribution in [0.15, 0.2) is 53.1 Å². The predicted molar refractivity (Wildman–Crippen MR) is 95.6 cm³/mol. The molecule has 1 heterocycles. The first-order valence-corrected chi connectivity index (χ1v) is 8.09. The van der Waals surface area contributed by atoms with Gasteiger partial charge in [0, 0.05) is 16.7 Å². The SMILES string of the molecule is COc1cccc(-c2cc(COC(=O)c3cc(Cl)ccc3OC)no2)c1. The Kier molecular flexibility index (Phi) is 5.43. The number of ether oxygens (including phenoxy) is 3. The number of benzene rings is 2. The fourth-order valence-electron chi connectivity index (χ4n) is 2.35. The highest BCUT2D eigenvalue weighted by Gasteiger charge is 2.16. The van der Waals surface area contributed by atoms with Gasteiger partial charge in [0.15, 0.2) is 5.76 Å². The Morgan fingerprint density at radius 3 is 2.73 bits per heavy atom. The van der Waals surface area contributed by atoms with Crippen molar-refractivity contribution >= 4 is 17.6 Å². The molecule has 0 saturated heterocycles. The number of rotatable bonds is 6. The maximum absolute atomic E-state index is 12.3. The van der Waals surface area contributed by atoms with E-state index in [1.54, 1.807) is 25.3 Å². The minimum atomic E-state index is -0.560. The molecule has 0 N–H and O–H groups in total. The molecule has 0 atom stereocenters. The van der Waals surface area contributed by atoms with Crippen LogP contribution in [0.4, 0.5) is 0 Å². The summed E-state index contributed by atoms with van der Waals surface area (Å²) in [4.78, 5) is 12.3. The standard InChI is InChI=1S/C19H16ClNO5/c1-23-15-5-3-4-12(8-15)18-10-14(21-26-18)11-25-19(22)16-9-13(20)6-7-17(16)24-2/h3-10H,11H2,1-2H3. The Morgan fingerprint density at radius 2 is 1.96 bits per heavy atom. The van der Waals surface area contributed by atoms with E-state index in [0.717, 1.165) is 5.56 Å². The number of nitrogens with zero attached hydrogens (tertiary/aromatic N) is 1. The lowest BCUT2D eigenvalue weighted by Gasteiger charge is -2.08. The molecule has 0 bridgehead atoms. The van der Waals surface area contributed by atoms with E-state index in [2.05, 4.69) is 5.16 Å². The minimum absolute atomic E-state index is 0.0397. The normalized spacial score (nSPS) is 10.4. The zero-order valence-electron chi connectivity index (χ0n) is 14.2. The Bertz CT molecular complexity index is 922. The molecule has 3 aromatic rings. The number of carbonyl (C=O) groups excluding carboxylic acids is 1. The summed E-state index contributed by atoms with van der Waals surface area (Å²) in [5.74, 6) is 1.09. The zero-order chi connectivity index (χ0) is 18.5. The maximum atomic E-state index is 12.3. The van der Waals surface area contributed by atoms with Crippen LogP contribution >= 0.6 is 11.6 Å². The predicted octanol–water partition coefficient (Wildman–Crippen LogP) is 4.37. The molecule has 0 aliphatic heterocycles. The molecule has 7 heteroatoms. The van der Waals surface area contributed by atoms with Gasteiger partial charge < -0.3 is 18.7 Å². The molecule has 3 rings (SSSR count). The Labute approximate surface area is 155 Å². The van der Waals surface area contributed by atoms with Gasteiger partial charge in [-0.2, -0.15) is 0 Å². The van der Waals surface area contributed by atoms with E-state index in [4.69, 9.17) is 30.3 Å². The number of halogens is 1. The summed E-state index contributed by atoms with van der Waals surface area (Å²) in [5, 5.41) is 4.34. The molecule has 1 aromatic heterocycles. The third kappa shape index (κ3) is 3.97. The molecule has 26 heavy (non-hydrogen) atoms. The summed E-state index contributed by atoms with van der Waals surface area (Å²) in [6.07, 6.45) is 0. The molecule has 0 spiro atoms. The Balaban J connectivity index is 1.70. The van der Waals surface area contributed by atoms with Gasteiger partial charge in [0.05, 0.1) is 14.2 Å². The van der Waals surface area contributed by atoms with Crippen molar-refractivity contribution in [3.63, 3.8) is 0 Å². The molecular formula is C19H16ClNO5. The van der Waals surface area contributed by atoms with E-state index in [9.17, 15) is 4.79 Å². The van der Waals surface area contributed by atoms with E-state index in [1.165, 1.54) is 13.2 Å². The highest BCUT2D eigenvalue weighted by Crippen LogP contribution is 2.26. The topological polar surface area (TPSA) is 70.8 Å². The lowest BCUT2D eigenvalue weighted by atomic mass is 10.1. The van der Waals surface area contributed by atoms with E-state index in [0.29, 0.717) is 28.0 Å². The second-order valence-electron chi connectivity index (χ2n) is 5.34. The van der Waals surface area contributed by atoms with Crippen molar-refractivity contribution in [3.05, 3.63) is 64.8 Å². The first kappa shape index (κ1) is 17.8. The third-order valence-electron chi connectivity index (χ3n) is 3.65. The molecule has 2 aromatic carbocycles. The van der Waals surface area contributed by atoms with Gasteiger partial charge in [0.1, 0.15) is 29.4 Å². The number of carbonyl (C=O) groups is 1. The van der Waals surface area contributed by atoms with Crippen molar-refractivity contribution in [2.24, 2.45) is 0 Å². The lowest BCUT2D eigenvalue weighted by molar-refractivity contribution is 0.0460. The average molecular weight is 374 g/mol. The van der Waals surface area contributed by atoms with Gasteiger partial charge in [-0.25, -0.2) is 4.79 Å². The van der Waals surface area contributed by atoms with Crippen molar-refractivity contribution < 1.29 is 23.5 Å². The lowest BCUT2D eigenvalue weighted by Crippen LogP contribution is -2.07. The number of methoxy groups -OCH3 is 2. The fourth-order valence-corrected chi connectivity index (χ4v) is 2.52. The molecule has 0 amide bonds. The second-order valence-corrected chi connectivity index (χ2v) is 5.77. The summed E-state index contributed by atoms with van der Waals surface area (Å²) < 4.78 is 20.9. The molecule has 0 aliphatic carbocycles. The summed E-state index contributed by atoms with van der Waals surface area (Å²) in [7, 11) is 3.06. The number of esters is 1. The molecular weight excluding hydrogens is 358 g/mol. The molecule has 0 saturated carbocycles. The first-order chi connectivity index (χ1) is 12.6. The van der Waals surface area contributed by atoms with Gasteiger partial charge in [-0.3, -0.25) is 0 Å². The van der Waals surface area contributed by atoms with Gasteiger partial charge in [-0.1, -0.05) is 28.9 Å². The summed E-state index contributed by atoms with van der Waals surface area (Å²) in [6.45, 7) is -0.0397. The summed E-state index contributed by atoms with van der Waals surface area (Å²) in [6, 6.07) is 13.8. The van der Waals surface area contributed by atoms with Crippen molar-refractivity contribution in [1.29, 1.82) is 0 Å². The van der Waals surface area contributed by atoms with Gasteiger partial charge in [-0.05, 0) is 30.3 Å². The first-order valence-electron chi connectivity index (χ1n) is 7.71. The van der Waals surface area contributed by atoms with Gasteiger partial charge in [0.2, 0.25) is 0 Å². The van der Waals surface area contributed by atoms with E-state index < -0.39 is 5.97 Å². The van der Waals surface area contributed by atoms with Crippen LogP contribution in [-0.2, 0) is 11.3 Å². The largest absolute Gasteiger partial charge is 0.497 e. The molecule has 134 valence electrons. The summed E-state index contributed by atoms with van der Waals surface area (Å²) in [5.41, 5.74) is 1.54. The number of hydrogen-bond acceptors (Lipinski definition) is 6. The quantitative estimate of drug-likeness (QED) is 0.597. The van der Waals surface area contributed by atoms with Crippen LogP contribution in [-0.4, -0.2) is 25.3 Å². The van der Waals surface area contributed by atoms with Crippen LogP contribution in [0.3, 0.4) is 0 Å². The molecule has 0 radical (unpaired) electrons. The number of aromatic nitrogens is 1. The second kappa shape index (κ2) is 7.93. The van der Waals surface area contributed by atoms with Crippen molar-refractivity contribution in [3.8, 4) is 22.8 Å². The minimum Gasteiger partial charge on any atom is -0.497 e.